The van der Waals surface area contributed by atoms with Gasteiger partial charge < -0.3 is 25.0 Å². The van der Waals surface area contributed by atoms with Crippen molar-refractivity contribution < 1.29 is 18.3 Å². The Hall–Kier alpha value is -1.89. The number of alkyl halides is 2. The van der Waals surface area contributed by atoms with Crippen LogP contribution in [0, 0.1) is 0 Å². The van der Waals surface area contributed by atoms with Crippen molar-refractivity contribution in [2.45, 2.75) is 33.0 Å². The van der Waals surface area contributed by atoms with Gasteiger partial charge in [0.05, 0.1) is 18.8 Å². The zero-order chi connectivity index (χ0) is 21.2. The summed E-state index contributed by atoms with van der Waals surface area (Å²) >= 11 is 1.56. The van der Waals surface area contributed by atoms with Crippen LogP contribution in [-0.4, -0.2) is 45.3 Å². The van der Waals surface area contributed by atoms with Crippen molar-refractivity contribution >= 4 is 46.4 Å². The van der Waals surface area contributed by atoms with E-state index < -0.39 is 6.61 Å². The number of rotatable bonds is 10. The van der Waals surface area contributed by atoms with Crippen molar-refractivity contribution in [2.24, 2.45) is 4.99 Å². The molecule has 2 N–H and O–H groups in total. The van der Waals surface area contributed by atoms with Gasteiger partial charge in [0.25, 0.3) is 0 Å². The monoisotopic (exact) mass is 555 g/mol. The normalized spacial score (nSPS) is 11.1. The summed E-state index contributed by atoms with van der Waals surface area (Å²) in [5, 5.41) is 9.15. The number of halogens is 3. The van der Waals surface area contributed by atoms with Crippen LogP contribution in [0.3, 0.4) is 0 Å². The van der Waals surface area contributed by atoms with Gasteiger partial charge in [-0.2, -0.15) is 8.78 Å². The lowest BCUT2D eigenvalue weighted by Gasteiger charge is -2.15. The maximum atomic E-state index is 12.8. The molecule has 0 saturated heterocycles. The first-order chi connectivity index (χ1) is 13.9. The number of benzene rings is 1. The van der Waals surface area contributed by atoms with Gasteiger partial charge in [-0.15, -0.1) is 35.3 Å². The molecule has 0 bridgehead atoms. The van der Waals surface area contributed by atoms with Crippen LogP contribution in [0.4, 0.5) is 13.9 Å². The summed E-state index contributed by atoms with van der Waals surface area (Å²) in [7, 11) is 5.52. The molecule has 0 unspecified atom stereocenters. The maximum Gasteiger partial charge on any atom is 0.387 e. The molecular weight excluding hydrogens is 527 g/mol. The molecule has 1 heterocycles. The third-order valence-corrected chi connectivity index (χ3v) is 4.81. The Morgan fingerprint density at radius 3 is 2.60 bits per heavy atom. The predicted octanol–water partition coefficient (Wildman–Crippen LogP) is 4.08. The molecule has 0 saturated carbocycles. The van der Waals surface area contributed by atoms with E-state index in [2.05, 4.69) is 25.3 Å². The molecule has 0 spiro atoms. The lowest BCUT2D eigenvalue weighted by molar-refractivity contribution is -0.0505. The summed E-state index contributed by atoms with van der Waals surface area (Å²) < 4.78 is 35.7. The zero-order valence-corrected chi connectivity index (χ0v) is 20.6. The SMILES string of the molecule is CCCOc1ccc(CNC(=NC)NCc2csc(N(C)C)n2)c(OC(F)F)c1.I. The fourth-order valence-electron chi connectivity index (χ4n) is 2.35. The lowest BCUT2D eigenvalue weighted by Crippen LogP contribution is -2.36. The minimum atomic E-state index is -2.91. The van der Waals surface area contributed by atoms with Crippen LogP contribution in [-0.2, 0) is 13.1 Å². The Bertz CT molecular complexity index is 805. The third-order valence-electron chi connectivity index (χ3n) is 3.76. The lowest BCUT2D eigenvalue weighted by atomic mass is 10.2. The van der Waals surface area contributed by atoms with Crippen molar-refractivity contribution in [3.63, 3.8) is 0 Å². The topological polar surface area (TPSA) is 71.0 Å². The van der Waals surface area contributed by atoms with E-state index in [1.165, 1.54) is 6.07 Å². The molecule has 0 radical (unpaired) electrons. The van der Waals surface area contributed by atoms with E-state index >= 15 is 0 Å². The summed E-state index contributed by atoms with van der Waals surface area (Å²) in [6.45, 7) is 0.321. The van der Waals surface area contributed by atoms with Crippen molar-refractivity contribution in [3.05, 3.63) is 34.8 Å². The molecule has 11 heteroatoms. The Labute approximate surface area is 196 Å². The smallest absolute Gasteiger partial charge is 0.387 e. The number of hydrogen-bond acceptors (Lipinski definition) is 6. The molecule has 0 atom stereocenters. The first-order valence-electron chi connectivity index (χ1n) is 9.19. The van der Waals surface area contributed by atoms with E-state index in [0.29, 0.717) is 30.4 Å². The Morgan fingerprint density at radius 2 is 2.00 bits per heavy atom. The van der Waals surface area contributed by atoms with Crippen LogP contribution in [0.5, 0.6) is 11.5 Å². The number of thiazole rings is 1. The highest BCUT2D eigenvalue weighted by atomic mass is 127. The van der Waals surface area contributed by atoms with E-state index in [1.54, 1.807) is 30.5 Å². The van der Waals surface area contributed by atoms with Crippen molar-refractivity contribution in [1.82, 2.24) is 15.6 Å². The number of ether oxygens (including phenoxy) is 2. The van der Waals surface area contributed by atoms with E-state index in [9.17, 15) is 8.78 Å². The zero-order valence-electron chi connectivity index (χ0n) is 17.4. The van der Waals surface area contributed by atoms with Gasteiger partial charge in [0, 0.05) is 44.7 Å². The number of nitrogens with one attached hydrogen (secondary N) is 2. The highest BCUT2D eigenvalue weighted by Crippen LogP contribution is 2.26. The second kappa shape index (κ2) is 13.4. The van der Waals surface area contributed by atoms with Crippen LogP contribution in [0.25, 0.3) is 0 Å². The Balaban J connectivity index is 0.00000450. The Kier molecular flexibility index (Phi) is 11.7. The van der Waals surface area contributed by atoms with Crippen molar-refractivity contribution in [3.8, 4) is 11.5 Å². The number of nitrogens with zero attached hydrogens (tertiary/aromatic N) is 3. The molecule has 0 aliphatic carbocycles. The third kappa shape index (κ3) is 8.46. The molecule has 0 fully saturated rings. The second-order valence-corrected chi connectivity index (χ2v) is 7.13. The highest BCUT2D eigenvalue weighted by molar-refractivity contribution is 14.0. The molecule has 7 nitrogen and oxygen atoms in total. The van der Waals surface area contributed by atoms with Crippen molar-refractivity contribution in [2.75, 3.05) is 32.6 Å². The van der Waals surface area contributed by atoms with E-state index in [0.717, 1.165) is 17.2 Å². The van der Waals surface area contributed by atoms with Crippen LogP contribution >= 0.6 is 35.3 Å². The molecule has 2 aromatic rings. The van der Waals surface area contributed by atoms with Gasteiger partial charge in [0.1, 0.15) is 11.5 Å². The van der Waals surface area contributed by atoms with E-state index in [1.807, 2.05) is 31.3 Å². The average molecular weight is 555 g/mol. The summed E-state index contributed by atoms with van der Waals surface area (Å²) in [5.41, 5.74) is 1.46. The van der Waals surface area contributed by atoms with Gasteiger partial charge in [0.15, 0.2) is 11.1 Å². The van der Waals surface area contributed by atoms with E-state index in [-0.39, 0.29) is 36.3 Å². The summed E-state index contributed by atoms with van der Waals surface area (Å²) in [6.07, 6.45) is 0.825. The largest absolute Gasteiger partial charge is 0.493 e. The van der Waals surface area contributed by atoms with Gasteiger partial charge in [-0.1, -0.05) is 6.92 Å². The van der Waals surface area contributed by atoms with Crippen molar-refractivity contribution in [1.29, 1.82) is 0 Å². The Morgan fingerprint density at radius 1 is 1.27 bits per heavy atom. The molecule has 1 aromatic heterocycles. The molecule has 0 amide bonds. The fourth-order valence-corrected chi connectivity index (χ4v) is 3.11. The van der Waals surface area contributed by atoms with E-state index in [4.69, 9.17) is 4.74 Å². The van der Waals surface area contributed by atoms with Gasteiger partial charge in [0.2, 0.25) is 0 Å². The van der Waals surface area contributed by atoms with Gasteiger partial charge >= 0.3 is 6.61 Å². The molecule has 168 valence electrons. The first-order valence-corrected chi connectivity index (χ1v) is 10.1. The molecular formula is C19H28F2IN5O2S. The maximum absolute atomic E-state index is 12.8. The average Bonchev–Trinajstić information content (AvgIpc) is 3.16. The summed E-state index contributed by atoms with van der Waals surface area (Å²) in [6, 6.07) is 4.92. The molecule has 2 rings (SSSR count). The number of aliphatic imine (C=N–C) groups is 1. The van der Waals surface area contributed by atoms with Crippen LogP contribution in [0.1, 0.15) is 24.6 Å². The fraction of sp³-hybridized carbons (Fsp3) is 0.474. The van der Waals surface area contributed by atoms with Gasteiger partial charge in [-0.3, -0.25) is 4.99 Å². The number of hydrogen-bond donors (Lipinski definition) is 2. The number of aromatic nitrogens is 1. The highest BCUT2D eigenvalue weighted by Gasteiger charge is 2.12. The minimum absolute atomic E-state index is 0. The summed E-state index contributed by atoms with van der Waals surface area (Å²) in [5.74, 6) is 1.10. The van der Waals surface area contributed by atoms with Crippen LogP contribution in [0.15, 0.2) is 28.6 Å². The first kappa shape index (κ1) is 26.1. The molecule has 30 heavy (non-hydrogen) atoms. The van der Waals surface area contributed by atoms with Crippen LogP contribution in [0.2, 0.25) is 0 Å². The predicted molar refractivity (Wildman–Crippen MR) is 128 cm³/mol. The molecule has 0 aliphatic rings. The van der Waals surface area contributed by atoms with Gasteiger partial charge in [-0.25, -0.2) is 4.98 Å². The molecule has 0 aliphatic heterocycles. The van der Waals surface area contributed by atoms with Crippen LogP contribution < -0.4 is 25.0 Å². The minimum Gasteiger partial charge on any atom is -0.493 e. The number of anilines is 1. The second-order valence-electron chi connectivity index (χ2n) is 6.29. The standard InChI is InChI=1S/C19H27F2N5O2S.HI/c1-5-8-27-15-7-6-13(16(9-15)28-17(20)21)10-23-18(22-2)24-11-14-12-29-19(25-14)26(3)4;/h6-7,9,12,17H,5,8,10-11H2,1-4H3,(H2,22,23,24);1H. The summed E-state index contributed by atoms with van der Waals surface area (Å²) in [4.78, 5) is 10.6. The number of guanidine groups is 1. The van der Waals surface area contributed by atoms with Gasteiger partial charge in [-0.05, 0) is 18.6 Å². The quantitative estimate of drug-likeness (QED) is 0.262. The molecule has 1 aromatic carbocycles.